The van der Waals surface area contributed by atoms with Crippen molar-refractivity contribution in [3.63, 3.8) is 0 Å². The summed E-state index contributed by atoms with van der Waals surface area (Å²) in [7, 11) is 1.46. The first-order valence-corrected chi connectivity index (χ1v) is 12.1. The van der Waals surface area contributed by atoms with Crippen LogP contribution in [-0.4, -0.2) is 58.6 Å². The van der Waals surface area contributed by atoms with Gasteiger partial charge in [-0.15, -0.1) is 24.8 Å². The minimum atomic E-state index is -0.705. The summed E-state index contributed by atoms with van der Waals surface area (Å²) < 4.78 is 11.3. The molecule has 1 fully saturated rings. The predicted octanol–water partition coefficient (Wildman–Crippen LogP) is 4.43. The van der Waals surface area contributed by atoms with Crippen molar-refractivity contribution in [1.29, 1.82) is 0 Å². The van der Waals surface area contributed by atoms with E-state index >= 15 is 0 Å². The Kier molecular flexibility index (Phi) is 10.4. The van der Waals surface area contributed by atoms with Crippen molar-refractivity contribution in [1.82, 2.24) is 20.8 Å². The van der Waals surface area contributed by atoms with Gasteiger partial charge in [0, 0.05) is 35.9 Å². The second kappa shape index (κ2) is 13.5. The first kappa shape index (κ1) is 30.1. The fourth-order valence-electron chi connectivity index (χ4n) is 4.17. The van der Waals surface area contributed by atoms with Gasteiger partial charge in [-0.3, -0.25) is 15.0 Å². The summed E-state index contributed by atoms with van der Waals surface area (Å²) in [5.41, 5.74) is 5.61. The summed E-state index contributed by atoms with van der Waals surface area (Å²) in [4.78, 5) is 21.3. The van der Waals surface area contributed by atoms with Crippen LogP contribution in [-0.2, 0) is 0 Å². The Morgan fingerprint density at radius 2 is 1.67 bits per heavy atom. The predicted molar refractivity (Wildman–Crippen MR) is 153 cm³/mol. The number of nitrogens with one attached hydrogen (secondary N) is 2. The quantitative estimate of drug-likeness (QED) is 0.162. The van der Waals surface area contributed by atoms with E-state index in [1.54, 1.807) is 17.7 Å². The molecule has 1 unspecified atom stereocenters. The Bertz CT molecular complexity index is 1400. The molecule has 206 valence electrons. The molecule has 1 saturated carbocycles. The van der Waals surface area contributed by atoms with Gasteiger partial charge in [-0.2, -0.15) is 0 Å². The van der Waals surface area contributed by atoms with Gasteiger partial charge in [0.2, 0.25) is 0 Å². The Balaban J connectivity index is 0.00000210. The zero-order chi connectivity index (χ0) is 25.8. The van der Waals surface area contributed by atoms with Crippen molar-refractivity contribution in [3.8, 4) is 33.9 Å². The maximum atomic E-state index is 12.5. The molecule has 0 bridgehead atoms. The second-order valence-electron chi connectivity index (χ2n) is 8.95. The number of halogens is 2. The van der Waals surface area contributed by atoms with Crippen LogP contribution in [0, 0.1) is 0 Å². The highest BCUT2D eigenvalue weighted by atomic mass is 35.5. The van der Waals surface area contributed by atoms with Gasteiger partial charge in [-0.1, -0.05) is 36.4 Å². The third-order valence-corrected chi connectivity index (χ3v) is 6.28. The molecule has 0 saturated heterocycles. The number of carbonyl (C=O) groups is 1. The molecular formula is C28H30Cl2N4O5. The number of rotatable bonds is 10. The van der Waals surface area contributed by atoms with Crippen LogP contribution in [0.15, 0.2) is 67.0 Å². The summed E-state index contributed by atoms with van der Waals surface area (Å²) in [6.07, 6.45) is 4.92. The highest BCUT2D eigenvalue weighted by Crippen LogP contribution is 2.36. The number of benzene rings is 2. The standard InChI is InChI=1S/C28H28N4O5.2ClH/c1-36-27-25(28(34)32-35)23-15-29-13-12-24(23)31-26(27)19-4-2-17(3-5-19)18-6-10-22(11-7-18)37-16-21(33)14-30-20-8-9-20;;/h2-7,10-13,15,20-21,30,33,35H,8-9,14,16H2,1H3,(H,32,34);2*1H. The summed E-state index contributed by atoms with van der Waals surface area (Å²) >= 11 is 0. The third kappa shape index (κ3) is 6.95. The number of hydroxylamine groups is 1. The van der Waals surface area contributed by atoms with Crippen LogP contribution in [0.1, 0.15) is 23.2 Å². The lowest BCUT2D eigenvalue weighted by molar-refractivity contribution is 0.0705. The van der Waals surface area contributed by atoms with Gasteiger partial charge in [0.05, 0.1) is 18.2 Å². The number of hydrogen-bond donors (Lipinski definition) is 4. The lowest BCUT2D eigenvalue weighted by atomic mass is 10.00. The van der Waals surface area contributed by atoms with Crippen LogP contribution in [0.25, 0.3) is 33.3 Å². The molecule has 1 atom stereocenters. The monoisotopic (exact) mass is 572 g/mol. The van der Waals surface area contributed by atoms with Gasteiger partial charge in [-0.25, -0.2) is 10.5 Å². The van der Waals surface area contributed by atoms with Gasteiger partial charge in [0.1, 0.15) is 24.2 Å². The van der Waals surface area contributed by atoms with Gasteiger partial charge in [0.25, 0.3) is 5.91 Å². The summed E-state index contributed by atoms with van der Waals surface area (Å²) in [6, 6.07) is 17.7. The van der Waals surface area contributed by atoms with E-state index in [9.17, 15) is 15.1 Å². The number of hydrogen-bond acceptors (Lipinski definition) is 8. The van der Waals surface area contributed by atoms with E-state index in [1.807, 2.05) is 48.5 Å². The normalized spacial score (nSPS) is 13.1. The zero-order valence-electron chi connectivity index (χ0n) is 21.2. The molecule has 2 aromatic heterocycles. The minimum Gasteiger partial charge on any atom is -0.494 e. The maximum Gasteiger partial charge on any atom is 0.279 e. The molecule has 4 N–H and O–H groups in total. The van der Waals surface area contributed by atoms with E-state index in [0.29, 0.717) is 34.9 Å². The number of fused-ring (bicyclic) bond motifs is 1. The number of pyridine rings is 2. The Morgan fingerprint density at radius 3 is 2.28 bits per heavy atom. The van der Waals surface area contributed by atoms with E-state index in [0.717, 1.165) is 16.7 Å². The number of carbonyl (C=O) groups excluding carboxylic acids is 1. The molecule has 2 aromatic carbocycles. The van der Waals surface area contributed by atoms with Crippen molar-refractivity contribution < 1.29 is 24.6 Å². The van der Waals surface area contributed by atoms with Gasteiger partial charge in [-0.05, 0) is 42.2 Å². The molecule has 0 radical (unpaired) electrons. The Labute approximate surface area is 238 Å². The number of ether oxygens (including phenoxy) is 2. The second-order valence-corrected chi connectivity index (χ2v) is 8.95. The van der Waals surface area contributed by atoms with Crippen LogP contribution in [0.3, 0.4) is 0 Å². The lowest BCUT2D eigenvalue weighted by Gasteiger charge is -2.15. The van der Waals surface area contributed by atoms with Crippen molar-refractivity contribution >= 4 is 41.6 Å². The highest BCUT2D eigenvalue weighted by molar-refractivity contribution is 6.09. The van der Waals surface area contributed by atoms with Crippen molar-refractivity contribution in [3.05, 3.63) is 72.6 Å². The Morgan fingerprint density at radius 1 is 1.03 bits per heavy atom. The number of methoxy groups -OCH3 is 1. The maximum absolute atomic E-state index is 12.5. The smallest absolute Gasteiger partial charge is 0.279 e. The van der Waals surface area contributed by atoms with Gasteiger partial charge < -0.3 is 19.9 Å². The molecule has 0 aliphatic heterocycles. The van der Waals surface area contributed by atoms with Gasteiger partial charge in [0.15, 0.2) is 5.75 Å². The molecule has 9 nitrogen and oxygen atoms in total. The number of aliphatic hydroxyl groups is 1. The average Bonchev–Trinajstić information content (AvgIpc) is 3.78. The van der Waals surface area contributed by atoms with Crippen LogP contribution in [0.5, 0.6) is 11.5 Å². The molecular weight excluding hydrogens is 543 g/mol. The molecule has 39 heavy (non-hydrogen) atoms. The summed E-state index contributed by atoms with van der Waals surface area (Å²) in [5, 5.41) is 23.1. The van der Waals surface area contributed by atoms with Crippen LogP contribution in [0.4, 0.5) is 0 Å². The SMILES string of the molecule is COc1c(-c2ccc(-c3ccc(OCC(O)CNC4CC4)cc3)cc2)nc2ccncc2c1C(=O)NO.Cl.Cl. The molecule has 4 aromatic rings. The third-order valence-electron chi connectivity index (χ3n) is 6.28. The van der Waals surface area contributed by atoms with Crippen molar-refractivity contribution in [2.45, 2.75) is 25.0 Å². The number of aliphatic hydroxyl groups excluding tert-OH is 1. The molecule has 5 rings (SSSR count). The minimum absolute atomic E-state index is 0. The Hall–Kier alpha value is -3.47. The number of amides is 1. The first-order valence-electron chi connectivity index (χ1n) is 12.1. The average molecular weight is 573 g/mol. The van der Waals surface area contributed by atoms with E-state index in [-0.39, 0.29) is 42.7 Å². The summed E-state index contributed by atoms with van der Waals surface area (Å²) in [5.74, 6) is 0.236. The molecule has 1 aliphatic carbocycles. The fraction of sp³-hybridized carbons (Fsp3) is 0.250. The molecule has 1 amide bonds. The van der Waals surface area contributed by atoms with E-state index in [4.69, 9.17) is 14.5 Å². The van der Waals surface area contributed by atoms with Crippen LogP contribution < -0.4 is 20.3 Å². The largest absolute Gasteiger partial charge is 0.494 e. The zero-order valence-corrected chi connectivity index (χ0v) is 22.8. The molecule has 11 heteroatoms. The molecule has 1 aliphatic rings. The number of nitrogens with zero attached hydrogens (tertiary/aromatic N) is 2. The van der Waals surface area contributed by atoms with Crippen molar-refractivity contribution in [2.75, 3.05) is 20.3 Å². The molecule has 0 spiro atoms. The lowest BCUT2D eigenvalue weighted by Crippen LogP contribution is -2.32. The molecule has 2 heterocycles. The number of aromatic nitrogens is 2. The topological polar surface area (TPSA) is 126 Å². The van der Waals surface area contributed by atoms with Crippen LogP contribution >= 0.6 is 24.8 Å². The van der Waals surface area contributed by atoms with E-state index in [2.05, 4.69) is 10.3 Å². The van der Waals surface area contributed by atoms with E-state index in [1.165, 1.54) is 26.1 Å². The van der Waals surface area contributed by atoms with E-state index < -0.39 is 12.0 Å². The van der Waals surface area contributed by atoms with Crippen LogP contribution in [0.2, 0.25) is 0 Å². The fourth-order valence-corrected chi connectivity index (χ4v) is 4.17. The van der Waals surface area contributed by atoms with Gasteiger partial charge >= 0.3 is 0 Å². The van der Waals surface area contributed by atoms with Crippen molar-refractivity contribution in [2.24, 2.45) is 0 Å². The summed E-state index contributed by atoms with van der Waals surface area (Å²) in [6.45, 7) is 0.774. The first-order chi connectivity index (χ1) is 18.1. The highest BCUT2D eigenvalue weighted by Gasteiger charge is 2.23.